The number of ether oxygens (including phenoxy) is 3. The lowest BCUT2D eigenvalue weighted by Gasteiger charge is -2.25. The van der Waals surface area contributed by atoms with Gasteiger partial charge in [0, 0.05) is 0 Å². The molecule has 1 aromatic carbocycles. The van der Waals surface area contributed by atoms with Crippen molar-refractivity contribution in [3.05, 3.63) is 23.8 Å². The first-order chi connectivity index (χ1) is 8.24. The molecule has 1 aliphatic rings. The van der Waals surface area contributed by atoms with Gasteiger partial charge >= 0.3 is 5.97 Å². The van der Waals surface area contributed by atoms with Gasteiger partial charge in [-0.05, 0) is 24.6 Å². The number of carbonyl (C=O) groups is 1. The van der Waals surface area contributed by atoms with Crippen LogP contribution >= 0.6 is 0 Å². The van der Waals surface area contributed by atoms with Gasteiger partial charge in [0.15, 0.2) is 11.5 Å². The van der Waals surface area contributed by atoms with Gasteiger partial charge in [0.1, 0.15) is 6.61 Å². The summed E-state index contributed by atoms with van der Waals surface area (Å²) in [6.45, 7) is 2.10. The van der Waals surface area contributed by atoms with E-state index in [0.29, 0.717) is 23.7 Å². The summed E-state index contributed by atoms with van der Waals surface area (Å²) < 4.78 is 15.7. The number of hydrogen-bond donors (Lipinski definition) is 1. The topological polar surface area (TPSA) is 65.0 Å². The van der Waals surface area contributed by atoms with Crippen LogP contribution < -0.4 is 9.47 Å². The SMILES string of the molecule is CCOC(=O)C1COc2ccc(CO)cc2O1. The second-order valence-electron chi connectivity index (χ2n) is 3.61. The Morgan fingerprint density at radius 2 is 2.35 bits per heavy atom. The molecule has 5 heteroatoms. The monoisotopic (exact) mass is 238 g/mol. The summed E-state index contributed by atoms with van der Waals surface area (Å²) in [7, 11) is 0. The fourth-order valence-electron chi connectivity index (χ4n) is 1.57. The van der Waals surface area contributed by atoms with Crippen LogP contribution in [0.3, 0.4) is 0 Å². The molecule has 0 saturated carbocycles. The maximum Gasteiger partial charge on any atom is 0.350 e. The van der Waals surface area contributed by atoms with E-state index >= 15 is 0 Å². The molecule has 0 aliphatic carbocycles. The zero-order chi connectivity index (χ0) is 12.3. The molecule has 0 bridgehead atoms. The van der Waals surface area contributed by atoms with Crippen LogP contribution in [0.25, 0.3) is 0 Å². The Balaban J connectivity index is 2.14. The lowest BCUT2D eigenvalue weighted by Crippen LogP contribution is -2.37. The van der Waals surface area contributed by atoms with E-state index in [4.69, 9.17) is 19.3 Å². The summed E-state index contributed by atoms with van der Waals surface area (Å²) in [6, 6.07) is 5.11. The van der Waals surface area contributed by atoms with E-state index in [9.17, 15) is 4.79 Å². The molecule has 1 heterocycles. The highest BCUT2D eigenvalue weighted by Gasteiger charge is 2.28. The third-order valence-electron chi connectivity index (χ3n) is 2.40. The average Bonchev–Trinajstić information content (AvgIpc) is 2.37. The molecule has 1 aromatic rings. The van der Waals surface area contributed by atoms with Crippen LogP contribution in [-0.2, 0) is 16.1 Å². The van der Waals surface area contributed by atoms with Gasteiger partial charge in [-0.3, -0.25) is 0 Å². The number of aliphatic hydroxyl groups excluding tert-OH is 1. The molecule has 0 spiro atoms. The highest BCUT2D eigenvalue weighted by Crippen LogP contribution is 2.32. The van der Waals surface area contributed by atoms with Crippen LogP contribution in [0.5, 0.6) is 11.5 Å². The number of benzene rings is 1. The fraction of sp³-hybridized carbons (Fsp3) is 0.417. The maximum absolute atomic E-state index is 11.5. The quantitative estimate of drug-likeness (QED) is 0.792. The van der Waals surface area contributed by atoms with E-state index in [2.05, 4.69) is 0 Å². The third-order valence-corrected chi connectivity index (χ3v) is 2.40. The summed E-state index contributed by atoms with van der Waals surface area (Å²) in [6.07, 6.45) is -0.739. The summed E-state index contributed by atoms with van der Waals surface area (Å²) in [5.74, 6) is 0.594. The van der Waals surface area contributed by atoms with Crippen LogP contribution in [0.2, 0.25) is 0 Å². The van der Waals surface area contributed by atoms with Crippen molar-refractivity contribution >= 4 is 5.97 Å². The van der Waals surface area contributed by atoms with Crippen molar-refractivity contribution in [1.82, 2.24) is 0 Å². The van der Waals surface area contributed by atoms with Gasteiger partial charge < -0.3 is 19.3 Å². The van der Waals surface area contributed by atoms with Crippen LogP contribution in [-0.4, -0.2) is 30.4 Å². The van der Waals surface area contributed by atoms with Gasteiger partial charge in [-0.25, -0.2) is 4.79 Å². The highest BCUT2D eigenvalue weighted by molar-refractivity contribution is 5.76. The summed E-state index contributed by atoms with van der Waals surface area (Å²) in [4.78, 5) is 11.5. The Morgan fingerprint density at radius 3 is 3.06 bits per heavy atom. The van der Waals surface area contributed by atoms with Crippen molar-refractivity contribution in [1.29, 1.82) is 0 Å². The van der Waals surface area contributed by atoms with Crippen molar-refractivity contribution in [2.45, 2.75) is 19.6 Å². The van der Waals surface area contributed by atoms with Gasteiger partial charge in [0.25, 0.3) is 0 Å². The average molecular weight is 238 g/mol. The van der Waals surface area contributed by atoms with E-state index in [1.165, 1.54) is 0 Å². The first-order valence-corrected chi connectivity index (χ1v) is 5.44. The van der Waals surface area contributed by atoms with Crippen molar-refractivity contribution in [3.8, 4) is 11.5 Å². The molecule has 92 valence electrons. The van der Waals surface area contributed by atoms with E-state index in [-0.39, 0.29) is 13.2 Å². The zero-order valence-corrected chi connectivity index (χ0v) is 9.51. The normalized spacial score (nSPS) is 17.6. The minimum absolute atomic E-state index is 0.0826. The molecule has 0 amide bonds. The number of carbonyl (C=O) groups excluding carboxylic acids is 1. The molecule has 1 N–H and O–H groups in total. The predicted octanol–water partition coefficient (Wildman–Crippen LogP) is 0.882. The second-order valence-corrected chi connectivity index (χ2v) is 3.61. The van der Waals surface area contributed by atoms with E-state index in [1.54, 1.807) is 25.1 Å². The summed E-state index contributed by atoms with van der Waals surface area (Å²) in [5, 5.41) is 9.01. The largest absolute Gasteiger partial charge is 0.485 e. The molecule has 0 radical (unpaired) electrons. The maximum atomic E-state index is 11.5. The first kappa shape index (κ1) is 11.7. The minimum atomic E-state index is -0.739. The van der Waals surface area contributed by atoms with Crippen molar-refractivity contribution in [3.63, 3.8) is 0 Å². The molecule has 0 fully saturated rings. The van der Waals surface area contributed by atoms with Crippen molar-refractivity contribution < 1.29 is 24.1 Å². The number of esters is 1. The zero-order valence-electron chi connectivity index (χ0n) is 9.51. The summed E-state index contributed by atoms with van der Waals surface area (Å²) >= 11 is 0. The molecule has 5 nitrogen and oxygen atoms in total. The van der Waals surface area contributed by atoms with E-state index < -0.39 is 12.1 Å². The van der Waals surface area contributed by atoms with Crippen LogP contribution in [0.15, 0.2) is 18.2 Å². The lowest BCUT2D eigenvalue weighted by molar-refractivity contribution is -0.153. The van der Waals surface area contributed by atoms with Gasteiger partial charge in [-0.2, -0.15) is 0 Å². The Hall–Kier alpha value is -1.75. The van der Waals surface area contributed by atoms with Crippen LogP contribution in [0.1, 0.15) is 12.5 Å². The van der Waals surface area contributed by atoms with E-state index in [1.807, 2.05) is 0 Å². The highest BCUT2D eigenvalue weighted by atomic mass is 16.6. The van der Waals surface area contributed by atoms with Gasteiger partial charge in [0.05, 0.1) is 13.2 Å². The smallest absolute Gasteiger partial charge is 0.350 e. The standard InChI is InChI=1S/C12H14O5/c1-2-15-12(14)11-7-16-9-4-3-8(6-13)5-10(9)17-11/h3-5,11,13H,2,6-7H2,1H3. The Bertz CT molecular complexity index is 415. The fourth-order valence-corrected chi connectivity index (χ4v) is 1.57. The molecule has 1 aliphatic heterocycles. The van der Waals surface area contributed by atoms with Crippen molar-refractivity contribution in [2.75, 3.05) is 13.2 Å². The predicted molar refractivity (Wildman–Crippen MR) is 58.9 cm³/mol. The molecular weight excluding hydrogens is 224 g/mol. The van der Waals surface area contributed by atoms with Crippen molar-refractivity contribution in [2.24, 2.45) is 0 Å². The molecular formula is C12H14O5. The van der Waals surface area contributed by atoms with Gasteiger partial charge in [-0.1, -0.05) is 6.07 Å². The molecule has 17 heavy (non-hydrogen) atoms. The first-order valence-electron chi connectivity index (χ1n) is 5.44. The second kappa shape index (κ2) is 5.05. The summed E-state index contributed by atoms with van der Waals surface area (Å²) in [5.41, 5.74) is 0.705. The number of fused-ring (bicyclic) bond motifs is 1. The van der Waals surface area contributed by atoms with Crippen LogP contribution in [0, 0.1) is 0 Å². The molecule has 0 saturated heterocycles. The number of rotatable bonds is 3. The minimum Gasteiger partial charge on any atom is -0.485 e. The molecule has 1 unspecified atom stereocenters. The molecule has 1 atom stereocenters. The number of hydrogen-bond acceptors (Lipinski definition) is 5. The third kappa shape index (κ3) is 2.50. The van der Waals surface area contributed by atoms with E-state index in [0.717, 1.165) is 0 Å². The molecule has 2 rings (SSSR count). The van der Waals surface area contributed by atoms with Gasteiger partial charge in [0.2, 0.25) is 6.10 Å². The van der Waals surface area contributed by atoms with Crippen LogP contribution in [0.4, 0.5) is 0 Å². The lowest BCUT2D eigenvalue weighted by atomic mass is 10.2. The number of aliphatic hydroxyl groups is 1. The van der Waals surface area contributed by atoms with Gasteiger partial charge in [-0.15, -0.1) is 0 Å². The Labute approximate surface area is 98.9 Å². The Morgan fingerprint density at radius 1 is 1.53 bits per heavy atom. The molecule has 0 aromatic heterocycles. The Kier molecular flexibility index (Phi) is 3.49.